The van der Waals surface area contributed by atoms with Gasteiger partial charge in [-0.25, -0.2) is 0 Å². The van der Waals surface area contributed by atoms with Gasteiger partial charge in [-0.15, -0.1) is 0 Å². The number of aryl methyl sites for hydroxylation is 1. The summed E-state index contributed by atoms with van der Waals surface area (Å²) in [6, 6.07) is 11.3. The maximum absolute atomic E-state index is 11.9. The first-order valence-electron chi connectivity index (χ1n) is 7.07. The Kier molecular flexibility index (Phi) is 4.17. The SMILES string of the molecule is CCn1c(=O)[se]c2cc(C(O)c3ccc([N+](=O)[O-])cc3)ccc21. The number of non-ortho nitro benzene ring substituents is 1. The van der Waals surface area contributed by atoms with Crippen molar-refractivity contribution in [1.29, 1.82) is 0 Å². The molecule has 0 spiro atoms. The molecular weight excluding hydrogens is 363 g/mol. The average molecular weight is 377 g/mol. The topological polar surface area (TPSA) is 85.4 Å². The number of fused-ring (bicyclic) bond motifs is 1. The van der Waals surface area contributed by atoms with Crippen LogP contribution in [0.15, 0.2) is 47.3 Å². The van der Waals surface area contributed by atoms with E-state index in [4.69, 9.17) is 0 Å². The van der Waals surface area contributed by atoms with E-state index in [1.165, 1.54) is 12.1 Å². The van der Waals surface area contributed by atoms with Crippen LogP contribution >= 0.6 is 0 Å². The summed E-state index contributed by atoms with van der Waals surface area (Å²) in [4.78, 5) is 22.1. The second-order valence-electron chi connectivity index (χ2n) is 5.09. The molecule has 0 fully saturated rings. The number of aliphatic hydroxyl groups excluding tert-OH is 1. The van der Waals surface area contributed by atoms with Crippen molar-refractivity contribution in [1.82, 2.24) is 4.57 Å². The van der Waals surface area contributed by atoms with Crippen LogP contribution in [0.1, 0.15) is 24.2 Å². The summed E-state index contributed by atoms with van der Waals surface area (Å²) >= 11 is -0.267. The van der Waals surface area contributed by atoms with E-state index in [9.17, 15) is 20.0 Å². The van der Waals surface area contributed by atoms with Crippen molar-refractivity contribution < 1.29 is 10.0 Å². The Morgan fingerprint density at radius 1 is 1.22 bits per heavy atom. The molecule has 7 heteroatoms. The van der Waals surface area contributed by atoms with Gasteiger partial charge in [0.2, 0.25) is 0 Å². The first kappa shape index (κ1) is 15.7. The van der Waals surface area contributed by atoms with Crippen LogP contribution in [0, 0.1) is 10.1 Å². The van der Waals surface area contributed by atoms with Gasteiger partial charge < -0.3 is 0 Å². The maximum atomic E-state index is 11.9. The van der Waals surface area contributed by atoms with Crippen molar-refractivity contribution in [3.63, 3.8) is 0 Å². The molecule has 0 saturated heterocycles. The zero-order chi connectivity index (χ0) is 16.6. The molecule has 3 aromatic rings. The van der Waals surface area contributed by atoms with Crippen molar-refractivity contribution in [2.24, 2.45) is 0 Å². The number of rotatable bonds is 4. The molecule has 0 amide bonds. The zero-order valence-electron chi connectivity index (χ0n) is 12.3. The molecule has 0 aliphatic carbocycles. The third kappa shape index (κ3) is 2.86. The second-order valence-corrected chi connectivity index (χ2v) is 7.17. The van der Waals surface area contributed by atoms with Crippen molar-refractivity contribution in [3.8, 4) is 0 Å². The van der Waals surface area contributed by atoms with Crippen LogP contribution < -0.4 is 4.43 Å². The molecule has 2 aromatic carbocycles. The van der Waals surface area contributed by atoms with Crippen LogP contribution in [0.2, 0.25) is 0 Å². The summed E-state index contributed by atoms with van der Waals surface area (Å²) < 4.78 is 2.83. The Labute approximate surface area is 137 Å². The van der Waals surface area contributed by atoms with Gasteiger partial charge in [0.15, 0.2) is 0 Å². The van der Waals surface area contributed by atoms with Crippen molar-refractivity contribution in [2.45, 2.75) is 19.6 Å². The normalized spacial score (nSPS) is 12.4. The van der Waals surface area contributed by atoms with Crippen molar-refractivity contribution in [3.05, 3.63) is 72.9 Å². The third-order valence-electron chi connectivity index (χ3n) is 3.74. The van der Waals surface area contributed by atoms with E-state index in [1.54, 1.807) is 22.8 Å². The molecule has 1 heterocycles. The molecule has 6 nitrogen and oxygen atoms in total. The van der Waals surface area contributed by atoms with Gasteiger partial charge in [0.05, 0.1) is 0 Å². The van der Waals surface area contributed by atoms with E-state index in [2.05, 4.69) is 0 Å². The summed E-state index contributed by atoms with van der Waals surface area (Å²) in [6.07, 6.45) is -0.873. The van der Waals surface area contributed by atoms with Gasteiger partial charge in [0.25, 0.3) is 0 Å². The van der Waals surface area contributed by atoms with E-state index in [-0.39, 0.29) is 24.6 Å². The molecule has 1 N–H and O–H groups in total. The Hall–Kier alpha value is -2.21. The Balaban J connectivity index is 1.98. The van der Waals surface area contributed by atoms with Crippen LogP contribution in [0.3, 0.4) is 0 Å². The zero-order valence-corrected chi connectivity index (χ0v) is 14.0. The van der Waals surface area contributed by atoms with E-state index in [1.807, 2.05) is 19.1 Å². The fourth-order valence-corrected chi connectivity index (χ4v) is 4.63. The van der Waals surface area contributed by atoms with Crippen molar-refractivity contribution in [2.75, 3.05) is 0 Å². The number of benzene rings is 2. The number of aromatic nitrogens is 1. The fraction of sp³-hybridized carbons (Fsp3) is 0.188. The van der Waals surface area contributed by atoms with Gasteiger partial charge in [0.1, 0.15) is 0 Å². The number of aliphatic hydroxyl groups is 1. The van der Waals surface area contributed by atoms with E-state index < -0.39 is 11.0 Å². The van der Waals surface area contributed by atoms with Gasteiger partial charge in [-0.3, -0.25) is 0 Å². The third-order valence-corrected chi connectivity index (χ3v) is 5.72. The number of nitrogens with zero attached hydrogens (tertiary/aromatic N) is 2. The van der Waals surface area contributed by atoms with E-state index >= 15 is 0 Å². The Bertz CT molecular complexity index is 927. The molecule has 0 saturated carbocycles. The molecule has 0 bridgehead atoms. The van der Waals surface area contributed by atoms with Crippen LogP contribution in [0.5, 0.6) is 0 Å². The molecule has 1 atom stereocenters. The van der Waals surface area contributed by atoms with Crippen LogP contribution in [0.25, 0.3) is 9.78 Å². The summed E-state index contributed by atoms with van der Waals surface area (Å²) in [5.41, 5.74) is 2.17. The minimum atomic E-state index is -0.873. The van der Waals surface area contributed by atoms with Crippen LogP contribution in [-0.4, -0.2) is 29.1 Å². The number of nitro groups is 1. The molecule has 1 aromatic heterocycles. The molecule has 118 valence electrons. The van der Waals surface area contributed by atoms with Gasteiger partial charge in [0, 0.05) is 0 Å². The molecule has 1 unspecified atom stereocenters. The summed E-state index contributed by atoms with van der Waals surface area (Å²) in [6.45, 7) is 2.57. The van der Waals surface area contributed by atoms with Gasteiger partial charge >= 0.3 is 137 Å². The summed E-state index contributed by atoms with van der Waals surface area (Å²) in [7, 11) is 0. The second kappa shape index (κ2) is 6.12. The van der Waals surface area contributed by atoms with Crippen molar-refractivity contribution >= 4 is 30.0 Å². The molecule has 23 heavy (non-hydrogen) atoms. The standard InChI is InChI=1S/C16H14N2O4Se/c1-2-17-13-8-5-11(9-14(13)23-16(17)20)15(19)10-3-6-12(7-4-10)18(21)22/h3-9,15,19H,2H2,1H3. The summed E-state index contributed by atoms with van der Waals surface area (Å²) in [5, 5.41) is 21.2. The Morgan fingerprint density at radius 2 is 1.87 bits per heavy atom. The molecule has 0 radical (unpaired) electrons. The number of hydrogen-bond donors (Lipinski definition) is 1. The average Bonchev–Trinajstić information content (AvgIpc) is 2.88. The molecular formula is C16H14N2O4Se. The fourth-order valence-electron chi connectivity index (χ4n) is 2.52. The molecule has 3 rings (SSSR count). The van der Waals surface area contributed by atoms with Crippen LogP contribution in [-0.2, 0) is 6.54 Å². The van der Waals surface area contributed by atoms with E-state index in [0.29, 0.717) is 17.7 Å². The monoisotopic (exact) mass is 378 g/mol. The predicted octanol–water partition coefficient (Wildman–Crippen LogP) is 2.07. The van der Waals surface area contributed by atoms with Gasteiger partial charge in [-0.05, 0) is 0 Å². The number of nitro benzene ring substituents is 1. The predicted molar refractivity (Wildman–Crippen MR) is 88.0 cm³/mol. The molecule has 0 aliphatic rings. The van der Waals surface area contributed by atoms with Gasteiger partial charge in [-0.2, -0.15) is 0 Å². The minimum absolute atomic E-state index is 0.0116. The van der Waals surface area contributed by atoms with Crippen LogP contribution in [0.4, 0.5) is 5.69 Å². The number of hydrogen-bond acceptors (Lipinski definition) is 4. The van der Waals surface area contributed by atoms with E-state index in [0.717, 1.165) is 9.78 Å². The first-order valence-corrected chi connectivity index (χ1v) is 8.78. The first-order chi connectivity index (χ1) is 11.0. The Morgan fingerprint density at radius 3 is 2.48 bits per heavy atom. The quantitative estimate of drug-likeness (QED) is 0.429. The molecule has 0 aliphatic heterocycles. The summed E-state index contributed by atoms with van der Waals surface area (Å²) in [5.74, 6) is 0. The van der Waals surface area contributed by atoms with Gasteiger partial charge in [-0.1, -0.05) is 0 Å².